The molecule has 2 aromatic rings. The van der Waals surface area contributed by atoms with Crippen LogP contribution in [0.4, 0.5) is 0 Å². The van der Waals surface area contributed by atoms with Gasteiger partial charge in [0.15, 0.2) is 0 Å². The second-order valence-electron chi connectivity index (χ2n) is 6.14. The van der Waals surface area contributed by atoms with Crippen LogP contribution >= 0.6 is 0 Å². The van der Waals surface area contributed by atoms with Crippen LogP contribution in [0.2, 0.25) is 0 Å². The normalized spacial score (nSPS) is 19.3. The molecular formula is C19H23NO3. The van der Waals surface area contributed by atoms with Crippen LogP contribution in [-0.2, 0) is 11.2 Å². The molecule has 1 amide bonds. The van der Waals surface area contributed by atoms with Gasteiger partial charge in [0.1, 0.15) is 23.9 Å². The highest BCUT2D eigenvalue weighted by Crippen LogP contribution is 2.47. The van der Waals surface area contributed by atoms with Gasteiger partial charge in [0.25, 0.3) is 0 Å². The molecule has 2 unspecified atom stereocenters. The van der Waals surface area contributed by atoms with Crippen LogP contribution < -0.4 is 10.1 Å². The Kier molecular flexibility index (Phi) is 5.01. The SMILES string of the molecule is CC1CC1c1ccc(CCC(=O)NCCOc2ccccc2)o1. The lowest BCUT2D eigenvalue weighted by Gasteiger charge is -2.07. The van der Waals surface area contributed by atoms with E-state index in [9.17, 15) is 4.79 Å². The second-order valence-corrected chi connectivity index (χ2v) is 6.14. The molecule has 1 aromatic heterocycles. The van der Waals surface area contributed by atoms with Gasteiger partial charge in [-0.25, -0.2) is 0 Å². The van der Waals surface area contributed by atoms with Crippen molar-refractivity contribution in [1.82, 2.24) is 5.32 Å². The number of hydrogen-bond donors (Lipinski definition) is 1. The smallest absolute Gasteiger partial charge is 0.220 e. The maximum absolute atomic E-state index is 11.8. The zero-order valence-electron chi connectivity index (χ0n) is 13.5. The van der Waals surface area contributed by atoms with E-state index < -0.39 is 0 Å². The number of carbonyl (C=O) groups excluding carboxylic acids is 1. The summed E-state index contributed by atoms with van der Waals surface area (Å²) < 4.78 is 11.3. The number of para-hydroxylation sites is 1. The molecular weight excluding hydrogens is 290 g/mol. The first-order valence-electron chi connectivity index (χ1n) is 8.25. The van der Waals surface area contributed by atoms with Gasteiger partial charge in [0.05, 0.1) is 6.54 Å². The van der Waals surface area contributed by atoms with Crippen molar-refractivity contribution in [2.24, 2.45) is 5.92 Å². The summed E-state index contributed by atoms with van der Waals surface area (Å²) in [5.41, 5.74) is 0. The van der Waals surface area contributed by atoms with Gasteiger partial charge in [0, 0.05) is 18.8 Å². The standard InChI is InChI=1S/C19H23NO3/c1-14-13-17(14)18-9-7-16(23-18)8-10-19(21)20-11-12-22-15-5-3-2-4-6-15/h2-7,9,14,17H,8,10-13H2,1H3,(H,20,21). The molecule has 0 aliphatic heterocycles. The molecule has 0 spiro atoms. The van der Waals surface area contributed by atoms with Crippen molar-refractivity contribution in [3.63, 3.8) is 0 Å². The van der Waals surface area contributed by atoms with Crippen molar-refractivity contribution < 1.29 is 13.9 Å². The molecule has 122 valence electrons. The lowest BCUT2D eigenvalue weighted by atomic mass is 10.2. The van der Waals surface area contributed by atoms with Gasteiger partial charge >= 0.3 is 0 Å². The Morgan fingerprint density at radius 3 is 2.78 bits per heavy atom. The predicted octanol–water partition coefficient (Wildman–Crippen LogP) is 3.53. The minimum atomic E-state index is 0.0272. The van der Waals surface area contributed by atoms with E-state index in [4.69, 9.17) is 9.15 Å². The van der Waals surface area contributed by atoms with E-state index in [1.54, 1.807) is 0 Å². The van der Waals surface area contributed by atoms with Gasteiger partial charge in [0.2, 0.25) is 5.91 Å². The van der Waals surface area contributed by atoms with Crippen LogP contribution in [-0.4, -0.2) is 19.1 Å². The fourth-order valence-corrected chi connectivity index (χ4v) is 2.65. The molecule has 4 nitrogen and oxygen atoms in total. The van der Waals surface area contributed by atoms with Gasteiger partial charge < -0.3 is 14.5 Å². The Bertz CT molecular complexity index is 635. The van der Waals surface area contributed by atoms with E-state index in [1.807, 2.05) is 36.4 Å². The number of furan rings is 1. The third kappa shape index (κ3) is 4.62. The number of hydrogen-bond acceptors (Lipinski definition) is 3. The summed E-state index contributed by atoms with van der Waals surface area (Å²) in [6, 6.07) is 13.6. The highest BCUT2D eigenvalue weighted by molar-refractivity contribution is 5.76. The topological polar surface area (TPSA) is 51.5 Å². The molecule has 1 saturated carbocycles. The zero-order chi connectivity index (χ0) is 16.1. The first-order valence-corrected chi connectivity index (χ1v) is 8.25. The number of aryl methyl sites for hydroxylation is 1. The van der Waals surface area contributed by atoms with Crippen LogP contribution in [0.25, 0.3) is 0 Å². The zero-order valence-corrected chi connectivity index (χ0v) is 13.5. The van der Waals surface area contributed by atoms with Crippen LogP contribution in [0, 0.1) is 5.92 Å². The quantitative estimate of drug-likeness (QED) is 0.759. The van der Waals surface area contributed by atoms with Crippen molar-refractivity contribution in [3.05, 3.63) is 54.0 Å². The number of carbonyl (C=O) groups is 1. The average molecular weight is 313 g/mol. The summed E-state index contributed by atoms with van der Waals surface area (Å²) in [7, 11) is 0. The number of rotatable bonds is 8. The molecule has 0 radical (unpaired) electrons. The van der Waals surface area contributed by atoms with Crippen LogP contribution in [0.15, 0.2) is 46.9 Å². The fourth-order valence-electron chi connectivity index (χ4n) is 2.65. The van der Waals surface area contributed by atoms with Crippen molar-refractivity contribution in [2.45, 2.75) is 32.1 Å². The predicted molar refractivity (Wildman–Crippen MR) is 88.5 cm³/mol. The van der Waals surface area contributed by atoms with E-state index in [1.165, 1.54) is 6.42 Å². The number of amides is 1. The molecule has 1 aliphatic rings. The Balaban J connectivity index is 1.31. The molecule has 1 aromatic carbocycles. The summed E-state index contributed by atoms with van der Waals surface area (Å²) in [6.07, 6.45) is 2.31. The third-order valence-electron chi connectivity index (χ3n) is 4.19. The molecule has 1 fully saturated rings. The molecule has 0 bridgehead atoms. The van der Waals surface area contributed by atoms with Gasteiger partial charge in [-0.1, -0.05) is 25.1 Å². The number of nitrogens with one attached hydrogen (secondary N) is 1. The lowest BCUT2D eigenvalue weighted by molar-refractivity contribution is -0.121. The van der Waals surface area contributed by atoms with Crippen molar-refractivity contribution in [1.29, 1.82) is 0 Å². The Morgan fingerprint density at radius 2 is 2.04 bits per heavy atom. The van der Waals surface area contributed by atoms with Gasteiger partial charge in [-0.3, -0.25) is 4.79 Å². The van der Waals surface area contributed by atoms with E-state index in [0.717, 1.165) is 23.2 Å². The van der Waals surface area contributed by atoms with Crippen molar-refractivity contribution in [2.75, 3.05) is 13.2 Å². The number of benzene rings is 1. The van der Waals surface area contributed by atoms with E-state index in [0.29, 0.717) is 31.9 Å². The Labute approximate surface area is 136 Å². The van der Waals surface area contributed by atoms with E-state index >= 15 is 0 Å². The summed E-state index contributed by atoms with van der Waals surface area (Å²) in [5.74, 6) is 4.15. The molecule has 4 heteroatoms. The summed E-state index contributed by atoms with van der Waals surface area (Å²) in [4.78, 5) is 11.8. The summed E-state index contributed by atoms with van der Waals surface area (Å²) in [5, 5.41) is 2.87. The summed E-state index contributed by atoms with van der Waals surface area (Å²) >= 11 is 0. The van der Waals surface area contributed by atoms with Gasteiger partial charge in [-0.15, -0.1) is 0 Å². The first kappa shape index (κ1) is 15.7. The molecule has 1 heterocycles. The van der Waals surface area contributed by atoms with Crippen molar-refractivity contribution >= 4 is 5.91 Å². The lowest BCUT2D eigenvalue weighted by Crippen LogP contribution is -2.28. The highest BCUT2D eigenvalue weighted by Gasteiger charge is 2.36. The minimum absolute atomic E-state index is 0.0272. The highest BCUT2D eigenvalue weighted by atomic mass is 16.5. The van der Waals surface area contributed by atoms with Crippen LogP contribution in [0.1, 0.15) is 37.2 Å². The molecule has 1 N–H and O–H groups in total. The Hall–Kier alpha value is -2.23. The maximum atomic E-state index is 11.8. The largest absolute Gasteiger partial charge is 0.492 e. The minimum Gasteiger partial charge on any atom is -0.492 e. The maximum Gasteiger partial charge on any atom is 0.220 e. The van der Waals surface area contributed by atoms with Crippen molar-refractivity contribution in [3.8, 4) is 5.75 Å². The average Bonchev–Trinajstić information content (AvgIpc) is 3.11. The monoisotopic (exact) mass is 313 g/mol. The van der Waals surface area contributed by atoms with Crippen LogP contribution in [0.3, 0.4) is 0 Å². The molecule has 3 rings (SSSR count). The second kappa shape index (κ2) is 7.36. The van der Waals surface area contributed by atoms with E-state index in [2.05, 4.69) is 18.3 Å². The van der Waals surface area contributed by atoms with Crippen LogP contribution in [0.5, 0.6) is 5.75 Å². The fraction of sp³-hybridized carbons (Fsp3) is 0.421. The van der Waals surface area contributed by atoms with Gasteiger partial charge in [-0.05, 0) is 36.6 Å². The molecule has 1 aliphatic carbocycles. The number of ether oxygens (including phenoxy) is 1. The van der Waals surface area contributed by atoms with Gasteiger partial charge in [-0.2, -0.15) is 0 Å². The Morgan fingerprint density at radius 1 is 1.26 bits per heavy atom. The molecule has 23 heavy (non-hydrogen) atoms. The molecule has 2 atom stereocenters. The molecule has 0 saturated heterocycles. The summed E-state index contributed by atoms with van der Waals surface area (Å²) in [6.45, 7) is 3.22. The first-order chi connectivity index (χ1) is 11.2. The van der Waals surface area contributed by atoms with E-state index in [-0.39, 0.29) is 5.91 Å². The third-order valence-corrected chi connectivity index (χ3v) is 4.19.